The lowest BCUT2D eigenvalue weighted by molar-refractivity contribution is 0.511. The summed E-state index contributed by atoms with van der Waals surface area (Å²) in [6.45, 7) is 5.28. The number of aromatic nitrogens is 2. The summed E-state index contributed by atoms with van der Waals surface area (Å²) < 4.78 is 2.14. The van der Waals surface area contributed by atoms with Gasteiger partial charge in [0.15, 0.2) is 0 Å². The van der Waals surface area contributed by atoms with Crippen LogP contribution < -0.4 is 0 Å². The molecule has 90 valence electrons. The summed E-state index contributed by atoms with van der Waals surface area (Å²) in [5.74, 6) is 0.661. The van der Waals surface area contributed by atoms with Gasteiger partial charge in [-0.1, -0.05) is 13.3 Å². The van der Waals surface area contributed by atoms with E-state index in [0.717, 1.165) is 19.4 Å². The summed E-state index contributed by atoms with van der Waals surface area (Å²) >= 11 is 6.33. The van der Waals surface area contributed by atoms with E-state index in [2.05, 4.69) is 29.7 Å². The lowest BCUT2D eigenvalue weighted by atomic mass is 10.0. The summed E-state index contributed by atoms with van der Waals surface area (Å²) in [6.07, 6.45) is 5.89. The van der Waals surface area contributed by atoms with Gasteiger partial charge in [0.1, 0.15) is 0 Å². The molecule has 1 aromatic heterocycles. The molecule has 0 radical (unpaired) electrons. The van der Waals surface area contributed by atoms with Crippen LogP contribution in [0.4, 0.5) is 0 Å². The quantitative estimate of drug-likeness (QED) is 0.738. The first-order valence-corrected chi connectivity index (χ1v) is 6.87. The SMILES string of the molecule is CCc1cc(CC2CCCC2Cl)n(CC)n1. The van der Waals surface area contributed by atoms with E-state index < -0.39 is 0 Å². The van der Waals surface area contributed by atoms with Gasteiger partial charge in [-0.25, -0.2) is 0 Å². The number of hydrogen-bond acceptors (Lipinski definition) is 1. The Morgan fingerprint density at radius 1 is 1.44 bits per heavy atom. The fraction of sp³-hybridized carbons (Fsp3) is 0.769. The van der Waals surface area contributed by atoms with Crippen molar-refractivity contribution in [3.05, 3.63) is 17.5 Å². The number of alkyl halides is 1. The Kier molecular flexibility index (Phi) is 3.91. The molecule has 0 aliphatic heterocycles. The summed E-state index contributed by atoms with van der Waals surface area (Å²) in [6, 6.07) is 2.26. The highest BCUT2D eigenvalue weighted by Gasteiger charge is 2.26. The van der Waals surface area contributed by atoms with Gasteiger partial charge in [0, 0.05) is 17.6 Å². The van der Waals surface area contributed by atoms with Crippen molar-refractivity contribution in [2.75, 3.05) is 0 Å². The molecule has 1 saturated carbocycles. The molecule has 2 atom stereocenters. The largest absolute Gasteiger partial charge is 0.270 e. The Morgan fingerprint density at radius 3 is 2.81 bits per heavy atom. The normalized spacial score (nSPS) is 25.2. The first-order chi connectivity index (χ1) is 7.74. The van der Waals surface area contributed by atoms with Crippen molar-refractivity contribution in [3.63, 3.8) is 0 Å². The van der Waals surface area contributed by atoms with Crippen molar-refractivity contribution < 1.29 is 0 Å². The molecule has 2 rings (SSSR count). The molecule has 2 unspecified atom stereocenters. The first kappa shape index (κ1) is 12.0. The number of aryl methyl sites for hydroxylation is 2. The standard InChI is InChI=1S/C13H21ClN2/c1-3-11-9-12(16(4-2)15-11)8-10-6-5-7-13(10)14/h9-10,13H,3-8H2,1-2H3. The third-order valence-corrected chi connectivity index (χ3v) is 4.19. The van der Waals surface area contributed by atoms with Gasteiger partial charge in [-0.05, 0) is 44.6 Å². The van der Waals surface area contributed by atoms with Crippen LogP contribution in [-0.4, -0.2) is 15.2 Å². The third-order valence-electron chi connectivity index (χ3n) is 3.61. The Hall–Kier alpha value is -0.500. The molecule has 1 heterocycles. The summed E-state index contributed by atoms with van der Waals surface area (Å²) in [4.78, 5) is 0. The molecule has 0 spiro atoms. The van der Waals surface area contributed by atoms with Gasteiger partial charge in [-0.3, -0.25) is 4.68 Å². The van der Waals surface area contributed by atoms with Gasteiger partial charge >= 0.3 is 0 Å². The van der Waals surface area contributed by atoms with Gasteiger partial charge in [0.25, 0.3) is 0 Å². The lowest BCUT2D eigenvalue weighted by Crippen LogP contribution is -2.13. The molecule has 1 aliphatic rings. The van der Waals surface area contributed by atoms with Gasteiger partial charge in [0.2, 0.25) is 0 Å². The van der Waals surface area contributed by atoms with E-state index in [1.165, 1.54) is 30.7 Å². The predicted octanol–water partition coefficient (Wildman–Crippen LogP) is 3.42. The van der Waals surface area contributed by atoms with Crippen LogP contribution in [-0.2, 0) is 19.4 Å². The highest BCUT2D eigenvalue weighted by atomic mass is 35.5. The van der Waals surface area contributed by atoms with E-state index >= 15 is 0 Å². The Labute approximate surface area is 103 Å². The molecule has 3 heteroatoms. The average molecular weight is 241 g/mol. The molecule has 0 N–H and O–H groups in total. The molecular formula is C13H21ClN2. The van der Waals surface area contributed by atoms with Crippen molar-refractivity contribution >= 4 is 11.6 Å². The third kappa shape index (κ3) is 2.42. The molecular weight excluding hydrogens is 220 g/mol. The number of halogens is 1. The van der Waals surface area contributed by atoms with Crippen molar-refractivity contribution in [1.29, 1.82) is 0 Å². The minimum absolute atomic E-state index is 0.380. The van der Waals surface area contributed by atoms with Gasteiger partial charge in [-0.2, -0.15) is 5.10 Å². The molecule has 16 heavy (non-hydrogen) atoms. The van der Waals surface area contributed by atoms with E-state index in [0.29, 0.717) is 11.3 Å². The highest BCUT2D eigenvalue weighted by Crippen LogP contribution is 2.32. The second-order valence-corrected chi connectivity index (χ2v) is 5.27. The summed E-state index contributed by atoms with van der Waals surface area (Å²) in [5.41, 5.74) is 2.58. The summed E-state index contributed by atoms with van der Waals surface area (Å²) in [7, 11) is 0. The zero-order valence-electron chi connectivity index (χ0n) is 10.2. The minimum Gasteiger partial charge on any atom is -0.270 e. The Balaban J connectivity index is 2.10. The molecule has 0 amide bonds. The van der Waals surface area contributed by atoms with E-state index in [4.69, 9.17) is 11.6 Å². The van der Waals surface area contributed by atoms with E-state index in [1.54, 1.807) is 0 Å². The molecule has 1 fully saturated rings. The van der Waals surface area contributed by atoms with Crippen LogP contribution in [0.15, 0.2) is 6.07 Å². The minimum atomic E-state index is 0.380. The molecule has 2 nitrogen and oxygen atoms in total. The van der Waals surface area contributed by atoms with Crippen LogP contribution in [0.3, 0.4) is 0 Å². The molecule has 1 aliphatic carbocycles. The fourth-order valence-electron chi connectivity index (χ4n) is 2.62. The highest BCUT2D eigenvalue weighted by molar-refractivity contribution is 6.20. The molecule has 0 bridgehead atoms. The zero-order chi connectivity index (χ0) is 11.5. The van der Waals surface area contributed by atoms with Crippen LogP contribution in [0.5, 0.6) is 0 Å². The first-order valence-electron chi connectivity index (χ1n) is 6.44. The van der Waals surface area contributed by atoms with Crippen molar-refractivity contribution in [2.45, 2.75) is 57.9 Å². The van der Waals surface area contributed by atoms with E-state index in [1.807, 2.05) is 0 Å². The second kappa shape index (κ2) is 5.22. The van der Waals surface area contributed by atoms with Crippen LogP contribution in [0.2, 0.25) is 0 Å². The lowest BCUT2D eigenvalue weighted by Gasteiger charge is -2.13. The maximum atomic E-state index is 6.33. The van der Waals surface area contributed by atoms with Crippen LogP contribution in [0, 0.1) is 5.92 Å². The zero-order valence-corrected chi connectivity index (χ0v) is 11.0. The van der Waals surface area contributed by atoms with Gasteiger partial charge < -0.3 is 0 Å². The van der Waals surface area contributed by atoms with Gasteiger partial charge in [0.05, 0.1) is 5.69 Å². The topological polar surface area (TPSA) is 17.8 Å². The molecule has 0 aromatic carbocycles. The monoisotopic (exact) mass is 240 g/mol. The maximum Gasteiger partial charge on any atom is 0.0624 e. The van der Waals surface area contributed by atoms with Crippen LogP contribution >= 0.6 is 11.6 Å². The summed E-state index contributed by atoms with van der Waals surface area (Å²) in [5, 5.41) is 4.97. The average Bonchev–Trinajstić information content (AvgIpc) is 2.86. The number of hydrogen-bond donors (Lipinski definition) is 0. The fourth-order valence-corrected chi connectivity index (χ4v) is 2.99. The maximum absolute atomic E-state index is 6.33. The number of rotatable bonds is 4. The van der Waals surface area contributed by atoms with E-state index in [9.17, 15) is 0 Å². The Bertz CT molecular complexity index is 346. The Morgan fingerprint density at radius 2 is 2.25 bits per heavy atom. The van der Waals surface area contributed by atoms with Crippen LogP contribution in [0.25, 0.3) is 0 Å². The molecule has 1 aromatic rings. The number of nitrogens with zero attached hydrogens (tertiary/aromatic N) is 2. The van der Waals surface area contributed by atoms with E-state index in [-0.39, 0.29) is 0 Å². The van der Waals surface area contributed by atoms with Gasteiger partial charge in [-0.15, -0.1) is 11.6 Å². The smallest absolute Gasteiger partial charge is 0.0624 e. The second-order valence-electron chi connectivity index (χ2n) is 4.71. The molecule has 0 saturated heterocycles. The van der Waals surface area contributed by atoms with Crippen molar-refractivity contribution in [3.8, 4) is 0 Å². The van der Waals surface area contributed by atoms with Crippen molar-refractivity contribution in [1.82, 2.24) is 9.78 Å². The predicted molar refractivity (Wildman–Crippen MR) is 68.0 cm³/mol. The van der Waals surface area contributed by atoms with Crippen molar-refractivity contribution in [2.24, 2.45) is 5.92 Å². The van der Waals surface area contributed by atoms with Crippen LogP contribution in [0.1, 0.15) is 44.5 Å².